The van der Waals surface area contributed by atoms with E-state index in [-0.39, 0.29) is 0 Å². The molecular formula is C13H18N4O. The van der Waals surface area contributed by atoms with Gasteiger partial charge in [0.15, 0.2) is 0 Å². The zero-order valence-corrected chi connectivity index (χ0v) is 10.9. The van der Waals surface area contributed by atoms with E-state index in [1.54, 1.807) is 12.1 Å². The highest BCUT2D eigenvalue weighted by Gasteiger charge is 2.12. The Morgan fingerprint density at radius 3 is 2.67 bits per heavy atom. The fourth-order valence-electron chi connectivity index (χ4n) is 2.03. The summed E-state index contributed by atoms with van der Waals surface area (Å²) in [6, 6.07) is 5.37. The second kappa shape index (κ2) is 4.70. The lowest BCUT2D eigenvalue weighted by Gasteiger charge is -2.16. The Kier molecular flexibility index (Phi) is 3.25. The van der Waals surface area contributed by atoms with Crippen LogP contribution in [0.5, 0.6) is 5.75 Å². The minimum atomic E-state index is 0.317. The van der Waals surface area contributed by atoms with Crippen molar-refractivity contribution in [3.63, 3.8) is 0 Å². The SMILES string of the molecule is Cc1c(-c2cc(N)n[nH]2)ccc(O)c1CN(C)C. The Balaban J connectivity index is 2.50. The monoisotopic (exact) mass is 246 g/mol. The van der Waals surface area contributed by atoms with Crippen LogP contribution in [0, 0.1) is 6.92 Å². The molecule has 0 aliphatic rings. The van der Waals surface area contributed by atoms with Gasteiger partial charge in [-0.25, -0.2) is 0 Å². The van der Waals surface area contributed by atoms with Crippen molar-refractivity contribution in [2.45, 2.75) is 13.5 Å². The third-order valence-electron chi connectivity index (χ3n) is 2.94. The number of phenols is 1. The molecule has 0 atom stereocenters. The summed E-state index contributed by atoms with van der Waals surface area (Å²) in [6.45, 7) is 2.68. The number of phenolic OH excluding ortho intramolecular Hbond substituents is 1. The number of nitrogen functional groups attached to an aromatic ring is 1. The number of aromatic amines is 1. The molecule has 0 unspecified atom stereocenters. The van der Waals surface area contributed by atoms with Crippen LogP contribution in [0.4, 0.5) is 5.82 Å². The molecular weight excluding hydrogens is 228 g/mol. The number of nitrogens with two attached hydrogens (primary N) is 1. The minimum Gasteiger partial charge on any atom is -0.508 e. The van der Waals surface area contributed by atoms with Gasteiger partial charge >= 0.3 is 0 Å². The molecule has 0 saturated heterocycles. The maximum Gasteiger partial charge on any atom is 0.145 e. The van der Waals surface area contributed by atoms with E-state index < -0.39 is 0 Å². The molecule has 1 heterocycles. The average molecular weight is 246 g/mol. The van der Waals surface area contributed by atoms with E-state index in [4.69, 9.17) is 5.73 Å². The first-order valence-corrected chi connectivity index (χ1v) is 5.76. The number of hydrogen-bond acceptors (Lipinski definition) is 4. The summed E-state index contributed by atoms with van der Waals surface area (Å²) in [6.07, 6.45) is 0. The molecule has 0 saturated carbocycles. The van der Waals surface area contributed by atoms with Crippen LogP contribution in [0.3, 0.4) is 0 Å². The molecule has 0 spiro atoms. The molecule has 2 rings (SSSR count). The van der Waals surface area contributed by atoms with E-state index >= 15 is 0 Å². The highest BCUT2D eigenvalue weighted by molar-refractivity contribution is 5.68. The number of rotatable bonds is 3. The van der Waals surface area contributed by atoms with Crippen molar-refractivity contribution < 1.29 is 5.11 Å². The molecule has 18 heavy (non-hydrogen) atoms. The number of nitrogens with zero attached hydrogens (tertiary/aromatic N) is 2. The second-order valence-corrected chi connectivity index (χ2v) is 4.68. The number of benzene rings is 1. The highest BCUT2D eigenvalue weighted by Crippen LogP contribution is 2.31. The largest absolute Gasteiger partial charge is 0.508 e. The predicted molar refractivity (Wildman–Crippen MR) is 72.2 cm³/mol. The first-order valence-electron chi connectivity index (χ1n) is 5.76. The number of hydrogen-bond donors (Lipinski definition) is 3. The molecule has 0 amide bonds. The quantitative estimate of drug-likeness (QED) is 0.770. The van der Waals surface area contributed by atoms with Crippen molar-refractivity contribution >= 4 is 5.82 Å². The van der Waals surface area contributed by atoms with Crippen molar-refractivity contribution in [1.82, 2.24) is 15.1 Å². The van der Waals surface area contributed by atoms with Gasteiger partial charge in [0.05, 0.1) is 5.69 Å². The van der Waals surface area contributed by atoms with E-state index in [1.165, 1.54) is 0 Å². The van der Waals surface area contributed by atoms with Crippen LogP contribution < -0.4 is 5.73 Å². The van der Waals surface area contributed by atoms with Gasteiger partial charge in [0.1, 0.15) is 11.6 Å². The summed E-state index contributed by atoms with van der Waals surface area (Å²) in [4.78, 5) is 2.02. The van der Waals surface area contributed by atoms with Gasteiger partial charge in [-0.2, -0.15) is 5.10 Å². The lowest BCUT2D eigenvalue weighted by molar-refractivity contribution is 0.385. The molecule has 0 fully saturated rings. The van der Waals surface area contributed by atoms with E-state index in [0.29, 0.717) is 18.1 Å². The number of aromatic hydroxyl groups is 1. The fraction of sp³-hybridized carbons (Fsp3) is 0.308. The zero-order valence-electron chi connectivity index (χ0n) is 10.9. The fourth-order valence-corrected chi connectivity index (χ4v) is 2.03. The summed E-state index contributed by atoms with van der Waals surface area (Å²) < 4.78 is 0. The minimum absolute atomic E-state index is 0.317. The summed E-state index contributed by atoms with van der Waals surface area (Å²) in [7, 11) is 3.94. The van der Waals surface area contributed by atoms with Gasteiger partial charge in [-0.15, -0.1) is 0 Å². The second-order valence-electron chi connectivity index (χ2n) is 4.68. The Bertz CT molecular complexity index is 560. The molecule has 5 nitrogen and oxygen atoms in total. The Morgan fingerprint density at radius 2 is 2.11 bits per heavy atom. The Labute approximate surface area is 106 Å². The molecule has 0 bridgehead atoms. The van der Waals surface area contributed by atoms with Crippen LogP contribution >= 0.6 is 0 Å². The number of nitrogens with one attached hydrogen (secondary N) is 1. The Hall–Kier alpha value is -2.01. The first-order chi connectivity index (χ1) is 8.49. The van der Waals surface area contributed by atoms with Crippen LogP contribution in [0.25, 0.3) is 11.3 Å². The molecule has 1 aromatic carbocycles. The van der Waals surface area contributed by atoms with Crippen LogP contribution in [0.1, 0.15) is 11.1 Å². The molecule has 1 aromatic heterocycles. The average Bonchev–Trinajstić information content (AvgIpc) is 2.70. The van der Waals surface area contributed by atoms with Gasteiger partial charge in [-0.1, -0.05) is 0 Å². The molecule has 96 valence electrons. The van der Waals surface area contributed by atoms with Crippen molar-refractivity contribution in [3.8, 4) is 17.0 Å². The van der Waals surface area contributed by atoms with E-state index in [0.717, 1.165) is 22.4 Å². The maximum atomic E-state index is 9.94. The van der Waals surface area contributed by atoms with Gasteiger partial charge in [-0.05, 0) is 38.7 Å². The van der Waals surface area contributed by atoms with Crippen LogP contribution in [-0.2, 0) is 6.54 Å². The summed E-state index contributed by atoms with van der Waals surface area (Å²) in [5.41, 5.74) is 9.45. The van der Waals surface area contributed by atoms with Crippen molar-refractivity contribution in [2.24, 2.45) is 0 Å². The van der Waals surface area contributed by atoms with Crippen molar-refractivity contribution in [2.75, 3.05) is 19.8 Å². The molecule has 4 N–H and O–H groups in total. The summed E-state index contributed by atoms with van der Waals surface area (Å²) >= 11 is 0. The van der Waals surface area contributed by atoms with Crippen molar-refractivity contribution in [3.05, 3.63) is 29.3 Å². The topological polar surface area (TPSA) is 78.2 Å². The third kappa shape index (κ3) is 2.31. The predicted octanol–water partition coefficient (Wildman–Crippen LogP) is 1.73. The van der Waals surface area contributed by atoms with Crippen LogP contribution in [0.15, 0.2) is 18.2 Å². The van der Waals surface area contributed by atoms with Gasteiger partial charge < -0.3 is 15.7 Å². The van der Waals surface area contributed by atoms with E-state index in [9.17, 15) is 5.11 Å². The lowest BCUT2D eigenvalue weighted by Crippen LogP contribution is -2.12. The van der Waals surface area contributed by atoms with Gasteiger partial charge in [0, 0.05) is 23.7 Å². The van der Waals surface area contributed by atoms with Gasteiger partial charge in [0.25, 0.3) is 0 Å². The lowest BCUT2D eigenvalue weighted by atomic mass is 9.99. The smallest absolute Gasteiger partial charge is 0.145 e. The standard InChI is InChI=1S/C13H18N4O/c1-8-9(11-6-13(14)16-15-11)4-5-12(18)10(8)7-17(2)3/h4-6,18H,7H2,1-3H3,(H3,14,15,16). The van der Waals surface area contributed by atoms with Crippen LogP contribution in [0.2, 0.25) is 0 Å². The highest BCUT2D eigenvalue weighted by atomic mass is 16.3. The van der Waals surface area contributed by atoms with E-state index in [2.05, 4.69) is 10.2 Å². The van der Waals surface area contributed by atoms with Crippen LogP contribution in [-0.4, -0.2) is 34.3 Å². The van der Waals surface area contributed by atoms with Gasteiger partial charge in [-0.3, -0.25) is 5.10 Å². The van der Waals surface area contributed by atoms with Crippen molar-refractivity contribution in [1.29, 1.82) is 0 Å². The summed E-state index contributed by atoms with van der Waals surface area (Å²) in [5.74, 6) is 0.782. The normalized spacial score (nSPS) is 11.1. The number of anilines is 1. The van der Waals surface area contributed by atoms with Gasteiger partial charge in [0.2, 0.25) is 0 Å². The number of H-pyrrole nitrogens is 1. The van der Waals surface area contributed by atoms with E-state index in [1.807, 2.05) is 32.0 Å². The number of aromatic nitrogens is 2. The molecule has 2 aromatic rings. The first kappa shape index (κ1) is 12.4. The molecule has 0 aliphatic carbocycles. The third-order valence-corrected chi connectivity index (χ3v) is 2.94. The maximum absolute atomic E-state index is 9.94. The molecule has 0 aliphatic heterocycles. The Morgan fingerprint density at radius 1 is 1.39 bits per heavy atom. The zero-order chi connectivity index (χ0) is 13.3. The molecule has 0 radical (unpaired) electrons. The summed E-state index contributed by atoms with van der Waals surface area (Å²) in [5, 5.41) is 16.8. The molecule has 5 heteroatoms.